The number of ether oxygens (including phenoxy) is 1. The molecule has 4 rings (SSSR count). The Balaban J connectivity index is 1.62. The van der Waals surface area contributed by atoms with E-state index in [-0.39, 0.29) is 6.04 Å². The number of aromatic hydroxyl groups is 1. The second-order valence-corrected chi connectivity index (χ2v) is 5.89. The Morgan fingerprint density at radius 3 is 2.95 bits per heavy atom. The number of phenols is 1. The zero-order chi connectivity index (χ0) is 14.2. The third kappa shape index (κ3) is 2.33. The number of anilines is 1. The maximum absolute atomic E-state index is 9.75. The molecular formula is C18H19NO2. The van der Waals surface area contributed by atoms with E-state index in [2.05, 4.69) is 29.6 Å². The van der Waals surface area contributed by atoms with Gasteiger partial charge in [0.15, 0.2) is 0 Å². The molecule has 0 bridgehead atoms. The van der Waals surface area contributed by atoms with Gasteiger partial charge in [-0.1, -0.05) is 6.07 Å². The van der Waals surface area contributed by atoms with E-state index in [4.69, 9.17) is 4.74 Å². The van der Waals surface area contributed by atoms with E-state index < -0.39 is 0 Å². The normalized spacial score (nSPS) is 19.5. The number of hydrogen-bond donors (Lipinski definition) is 2. The molecule has 3 nitrogen and oxygen atoms in total. The molecule has 2 aliphatic rings. The lowest BCUT2D eigenvalue weighted by Gasteiger charge is -2.27. The van der Waals surface area contributed by atoms with Crippen LogP contribution in [0.25, 0.3) is 0 Å². The number of nitrogens with one attached hydrogen (secondary N) is 1. The maximum atomic E-state index is 9.75. The molecule has 0 saturated heterocycles. The first-order chi connectivity index (χ1) is 10.3. The van der Waals surface area contributed by atoms with Crippen molar-refractivity contribution >= 4 is 5.69 Å². The molecule has 1 aliphatic carbocycles. The van der Waals surface area contributed by atoms with E-state index in [0.717, 1.165) is 37.3 Å². The summed E-state index contributed by atoms with van der Waals surface area (Å²) in [6, 6.07) is 12.4. The maximum Gasteiger partial charge on any atom is 0.122 e. The van der Waals surface area contributed by atoms with Crippen LogP contribution in [0.2, 0.25) is 0 Å². The minimum Gasteiger partial charge on any atom is -0.508 e. The summed E-state index contributed by atoms with van der Waals surface area (Å²) < 4.78 is 5.55. The highest BCUT2D eigenvalue weighted by atomic mass is 16.5. The van der Waals surface area contributed by atoms with Gasteiger partial charge in [-0.15, -0.1) is 0 Å². The Kier molecular flexibility index (Phi) is 2.99. The zero-order valence-corrected chi connectivity index (χ0v) is 11.9. The van der Waals surface area contributed by atoms with Gasteiger partial charge in [0.25, 0.3) is 0 Å². The largest absolute Gasteiger partial charge is 0.508 e. The van der Waals surface area contributed by atoms with Gasteiger partial charge in [-0.2, -0.15) is 0 Å². The van der Waals surface area contributed by atoms with Crippen LogP contribution in [0, 0.1) is 0 Å². The molecule has 108 valence electrons. The lowest BCUT2D eigenvalue weighted by Crippen LogP contribution is -2.17. The third-order valence-corrected chi connectivity index (χ3v) is 4.47. The van der Waals surface area contributed by atoms with Crippen LogP contribution in [0.15, 0.2) is 36.4 Å². The van der Waals surface area contributed by atoms with Crippen LogP contribution in [0.3, 0.4) is 0 Å². The van der Waals surface area contributed by atoms with Gasteiger partial charge >= 0.3 is 0 Å². The first kappa shape index (κ1) is 12.6. The molecule has 0 fully saturated rings. The van der Waals surface area contributed by atoms with Crippen LogP contribution in [0.4, 0.5) is 5.69 Å². The summed E-state index contributed by atoms with van der Waals surface area (Å²) in [5.74, 6) is 1.37. The van der Waals surface area contributed by atoms with Gasteiger partial charge in [0.1, 0.15) is 11.5 Å². The van der Waals surface area contributed by atoms with Gasteiger partial charge in [-0.3, -0.25) is 0 Å². The van der Waals surface area contributed by atoms with Gasteiger partial charge < -0.3 is 15.2 Å². The minimum atomic E-state index is 0.279. The van der Waals surface area contributed by atoms with Gasteiger partial charge in [-0.05, 0) is 66.3 Å². The lowest BCUT2D eigenvalue weighted by atomic mass is 9.87. The van der Waals surface area contributed by atoms with Gasteiger partial charge in [0.05, 0.1) is 12.6 Å². The quantitative estimate of drug-likeness (QED) is 0.879. The molecule has 1 heterocycles. The monoisotopic (exact) mass is 281 g/mol. The van der Waals surface area contributed by atoms with Crippen molar-refractivity contribution in [3.63, 3.8) is 0 Å². The fourth-order valence-corrected chi connectivity index (χ4v) is 3.41. The van der Waals surface area contributed by atoms with E-state index >= 15 is 0 Å². The SMILES string of the molecule is Oc1ccc2c(c1)C(Nc1ccc3c(c1)CCO3)CCC2. The predicted octanol–water partition coefficient (Wildman–Crippen LogP) is 3.82. The van der Waals surface area contributed by atoms with E-state index in [1.807, 2.05) is 6.07 Å². The van der Waals surface area contributed by atoms with Crippen molar-refractivity contribution in [1.29, 1.82) is 0 Å². The molecular weight excluding hydrogens is 262 g/mol. The highest BCUT2D eigenvalue weighted by Gasteiger charge is 2.21. The second-order valence-electron chi connectivity index (χ2n) is 5.89. The van der Waals surface area contributed by atoms with Gasteiger partial charge in [-0.25, -0.2) is 0 Å². The van der Waals surface area contributed by atoms with Crippen LogP contribution in [-0.2, 0) is 12.8 Å². The summed E-state index contributed by atoms with van der Waals surface area (Å²) in [6.45, 7) is 0.791. The molecule has 3 heteroatoms. The highest BCUT2D eigenvalue weighted by Crippen LogP contribution is 2.36. The Hall–Kier alpha value is -2.16. The summed E-state index contributed by atoms with van der Waals surface area (Å²) in [5, 5.41) is 13.4. The van der Waals surface area contributed by atoms with Crippen molar-refractivity contribution in [2.45, 2.75) is 31.7 Å². The summed E-state index contributed by atoms with van der Waals surface area (Å²) in [4.78, 5) is 0. The number of fused-ring (bicyclic) bond motifs is 2. The summed E-state index contributed by atoms with van der Waals surface area (Å²) in [5.41, 5.74) is 5.01. The smallest absolute Gasteiger partial charge is 0.122 e. The number of benzene rings is 2. The van der Waals surface area contributed by atoms with E-state index in [1.165, 1.54) is 23.1 Å². The van der Waals surface area contributed by atoms with Crippen molar-refractivity contribution in [2.75, 3.05) is 11.9 Å². The molecule has 21 heavy (non-hydrogen) atoms. The number of hydrogen-bond acceptors (Lipinski definition) is 3. The second kappa shape index (κ2) is 4.99. The number of rotatable bonds is 2. The fourth-order valence-electron chi connectivity index (χ4n) is 3.41. The van der Waals surface area contributed by atoms with Crippen molar-refractivity contribution in [3.8, 4) is 11.5 Å². The van der Waals surface area contributed by atoms with Crippen LogP contribution in [0.5, 0.6) is 11.5 Å². The Bertz CT molecular complexity index is 681. The number of aryl methyl sites for hydroxylation is 1. The molecule has 1 aliphatic heterocycles. The minimum absolute atomic E-state index is 0.279. The Morgan fingerprint density at radius 2 is 2.00 bits per heavy atom. The lowest BCUT2D eigenvalue weighted by molar-refractivity contribution is 0.357. The highest BCUT2D eigenvalue weighted by molar-refractivity contribution is 5.54. The van der Waals surface area contributed by atoms with Crippen LogP contribution < -0.4 is 10.1 Å². The Labute approximate surface area is 124 Å². The first-order valence-corrected chi connectivity index (χ1v) is 7.64. The molecule has 1 atom stereocenters. The predicted molar refractivity (Wildman–Crippen MR) is 83.0 cm³/mol. The summed E-state index contributed by atoms with van der Waals surface area (Å²) in [6.07, 6.45) is 4.38. The van der Waals surface area contributed by atoms with Crippen molar-refractivity contribution < 1.29 is 9.84 Å². The first-order valence-electron chi connectivity index (χ1n) is 7.64. The van der Waals surface area contributed by atoms with Crippen LogP contribution in [0.1, 0.15) is 35.6 Å². The third-order valence-electron chi connectivity index (χ3n) is 4.47. The van der Waals surface area contributed by atoms with Gasteiger partial charge in [0, 0.05) is 12.1 Å². The van der Waals surface area contributed by atoms with Crippen molar-refractivity contribution in [1.82, 2.24) is 0 Å². The Morgan fingerprint density at radius 1 is 1.05 bits per heavy atom. The standard InChI is InChI=1S/C18H19NO2/c20-15-6-4-12-2-1-3-17(16(12)11-15)19-14-5-7-18-13(10-14)8-9-21-18/h4-7,10-11,17,19-20H,1-3,8-9H2. The molecule has 2 aromatic rings. The molecule has 0 saturated carbocycles. The summed E-state index contributed by atoms with van der Waals surface area (Å²) >= 11 is 0. The zero-order valence-electron chi connectivity index (χ0n) is 11.9. The van der Waals surface area contributed by atoms with E-state index in [0.29, 0.717) is 5.75 Å². The molecule has 1 unspecified atom stereocenters. The molecule has 0 aromatic heterocycles. The van der Waals surface area contributed by atoms with Crippen molar-refractivity contribution in [3.05, 3.63) is 53.1 Å². The average molecular weight is 281 g/mol. The molecule has 2 aromatic carbocycles. The molecule has 0 spiro atoms. The fraction of sp³-hybridized carbons (Fsp3) is 0.333. The molecule has 0 radical (unpaired) electrons. The van der Waals surface area contributed by atoms with E-state index in [9.17, 15) is 5.11 Å². The summed E-state index contributed by atoms with van der Waals surface area (Å²) in [7, 11) is 0. The molecule has 2 N–H and O–H groups in total. The molecule has 0 amide bonds. The van der Waals surface area contributed by atoms with E-state index in [1.54, 1.807) is 6.07 Å². The van der Waals surface area contributed by atoms with Crippen LogP contribution in [-0.4, -0.2) is 11.7 Å². The van der Waals surface area contributed by atoms with Crippen molar-refractivity contribution in [2.24, 2.45) is 0 Å². The van der Waals surface area contributed by atoms with Gasteiger partial charge in [0.2, 0.25) is 0 Å². The number of phenolic OH excluding ortho intramolecular Hbond substituents is 1. The van der Waals surface area contributed by atoms with Crippen LogP contribution >= 0.6 is 0 Å². The average Bonchev–Trinajstić information content (AvgIpc) is 2.95. The topological polar surface area (TPSA) is 41.5 Å².